The molecule has 2 heterocycles. The van der Waals surface area contributed by atoms with Crippen molar-refractivity contribution in [2.75, 3.05) is 0 Å². The maximum absolute atomic E-state index is 9.86. The summed E-state index contributed by atoms with van der Waals surface area (Å²) in [7, 11) is 0. The van der Waals surface area contributed by atoms with Crippen LogP contribution in [0.4, 0.5) is 0 Å². The van der Waals surface area contributed by atoms with Crippen molar-refractivity contribution in [3.63, 3.8) is 0 Å². The Morgan fingerprint density at radius 3 is 1.28 bits per heavy atom. The van der Waals surface area contributed by atoms with Crippen LogP contribution in [0.25, 0.3) is 0 Å². The Hall–Kier alpha value is -1.02. The number of rotatable bonds is 2. The molecule has 8 heteroatoms. The summed E-state index contributed by atoms with van der Waals surface area (Å²) in [6.45, 7) is 0. The Labute approximate surface area is 133 Å². The summed E-state index contributed by atoms with van der Waals surface area (Å²) in [5.74, 6) is -2.83. The summed E-state index contributed by atoms with van der Waals surface area (Å²) in [6, 6.07) is 5.64. The summed E-state index contributed by atoms with van der Waals surface area (Å²) in [4.78, 5) is 19.7. The van der Waals surface area contributed by atoms with Gasteiger partial charge in [0.15, 0.2) is 0 Å². The largest absolute Gasteiger partial charge is 1.00 e. The molecule has 0 saturated carbocycles. The molecular weight excluding hydrogens is 432 g/mol. The average Bonchev–Trinajstić information content (AvgIpc) is 2.93. The van der Waals surface area contributed by atoms with E-state index < -0.39 is 11.9 Å². The number of carboxylic acids is 2. The van der Waals surface area contributed by atoms with E-state index in [0.29, 0.717) is 0 Å². The number of aromatic carboxylic acids is 2. The molecule has 0 N–H and O–H groups in total. The van der Waals surface area contributed by atoms with Gasteiger partial charge in [0.05, 0.1) is 12.5 Å². The number of carbonyl (C=O) groups excluding carboxylic acids is 2. The minimum Gasteiger partial charge on any atom is -0.542 e. The Bertz CT molecular complexity index is 404. The van der Waals surface area contributed by atoms with Crippen LogP contribution in [0.5, 0.6) is 0 Å². The van der Waals surface area contributed by atoms with Gasteiger partial charge in [0.2, 0.25) is 0 Å². The first-order chi connectivity index (χ1) is 7.61. The quantitative estimate of drug-likeness (QED) is 0.574. The van der Waals surface area contributed by atoms with Crippen molar-refractivity contribution in [1.29, 1.82) is 0 Å². The van der Waals surface area contributed by atoms with Gasteiger partial charge in [-0.15, -0.1) is 0 Å². The maximum Gasteiger partial charge on any atom is 1.00 e. The van der Waals surface area contributed by atoms with Gasteiger partial charge in [-0.1, -0.05) is 0 Å². The van der Waals surface area contributed by atoms with Crippen LogP contribution >= 0.6 is 0 Å². The third-order valence-corrected chi connectivity index (χ3v) is 1.44. The van der Waals surface area contributed by atoms with Crippen molar-refractivity contribution >= 4 is 11.9 Å². The Morgan fingerprint density at radius 1 is 0.833 bits per heavy atom. The molecule has 18 heavy (non-hydrogen) atoms. The van der Waals surface area contributed by atoms with Gasteiger partial charge in [0.25, 0.3) is 0 Å². The van der Waals surface area contributed by atoms with Crippen LogP contribution in [0.2, 0.25) is 0 Å². The zero-order valence-corrected chi connectivity index (χ0v) is 11.5. The fraction of sp³-hybridized carbons (Fsp3) is 0. The standard InChI is InChI=1S/2C5H4O3.2Ag/c2*6-5(7)4-2-1-3-8-4;;/h2*1-3H,(H,6,7);;/q;;2*+1/p-2. The average molecular weight is 438 g/mol. The van der Waals surface area contributed by atoms with Gasteiger partial charge in [-0.25, -0.2) is 0 Å². The number of furan rings is 2. The molecule has 2 aromatic rings. The van der Waals surface area contributed by atoms with Gasteiger partial charge < -0.3 is 28.6 Å². The zero-order chi connectivity index (χ0) is 12.0. The molecule has 0 aliphatic heterocycles. The third-order valence-electron chi connectivity index (χ3n) is 1.44. The zero-order valence-electron chi connectivity index (χ0n) is 8.52. The fourth-order valence-corrected chi connectivity index (χ4v) is 0.789. The molecule has 2 aromatic heterocycles. The van der Waals surface area contributed by atoms with E-state index in [0.717, 1.165) is 0 Å². The van der Waals surface area contributed by atoms with Crippen molar-refractivity contribution in [2.24, 2.45) is 0 Å². The van der Waals surface area contributed by atoms with Gasteiger partial charge in [-0.05, 0) is 24.3 Å². The van der Waals surface area contributed by atoms with E-state index in [1.54, 1.807) is 0 Å². The molecule has 0 bridgehead atoms. The Balaban J connectivity index is 0. The van der Waals surface area contributed by atoms with Crippen LogP contribution in [0, 0.1) is 0 Å². The molecule has 0 saturated heterocycles. The van der Waals surface area contributed by atoms with Crippen molar-refractivity contribution < 1.29 is 73.4 Å². The van der Waals surface area contributed by atoms with E-state index in [1.807, 2.05) is 0 Å². The minimum absolute atomic E-state index is 0. The van der Waals surface area contributed by atoms with E-state index in [4.69, 9.17) is 0 Å². The third kappa shape index (κ3) is 6.65. The second kappa shape index (κ2) is 9.95. The van der Waals surface area contributed by atoms with Gasteiger partial charge in [-0.3, -0.25) is 0 Å². The Kier molecular flexibility index (Phi) is 10.7. The summed E-state index contributed by atoms with van der Waals surface area (Å²) in [6.07, 6.45) is 2.57. The number of carboxylic acid groups (broad SMARTS) is 2. The van der Waals surface area contributed by atoms with E-state index in [1.165, 1.54) is 36.8 Å². The molecule has 6 nitrogen and oxygen atoms in total. The molecule has 0 spiro atoms. The molecule has 0 fully saturated rings. The van der Waals surface area contributed by atoms with Gasteiger partial charge in [-0.2, -0.15) is 0 Å². The first kappa shape index (κ1) is 19.3. The number of hydrogen-bond acceptors (Lipinski definition) is 6. The smallest absolute Gasteiger partial charge is 0.542 e. The maximum atomic E-state index is 9.86. The predicted molar refractivity (Wildman–Crippen MR) is 46.1 cm³/mol. The van der Waals surface area contributed by atoms with Crippen molar-refractivity contribution in [3.8, 4) is 0 Å². The van der Waals surface area contributed by atoms with Crippen LogP contribution < -0.4 is 10.2 Å². The molecule has 0 atom stereocenters. The second-order valence-electron chi connectivity index (χ2n) is 2.53. The topological polar surface area (TPSA) is 107 Å². The van der Waals surface area contributed by atoms with Crippen molar-refractivity contribution in [2.45, 2.75) is 0 Å². The first-order valence-corrected chi connectivity index (χ1v) is 4.11. The minimum atomic E-state index is -1.28. The van der Waals surface area contributed by atoms with E-state index in [2.05, 4.69) is 8.83 Å². The molecule has 0 aliphatic rings. The molecular formula is C10H6Ag2O6. The van der Waals surface area contributed by atoms with Gasteiger partial charge >= 0.3 is 44.8 Å². The Morgan fingerprint density at radius 2 is 1.17 bits per heavy atom. The van der Waals surface area contributed by atoms with Crippen LogP contribution in [-0.2, 0) is 44.8 Å². The molecule has 0 amide bonds. The monoisotopic (exact) mass is 436 g/mol. The van der Waals surface area contributed by atoms with Crippen LogP contribution in [0.3, 0.4) is 0 Å². The number of hydrogen-bond donors (Lipinski definition) is 0. The molecule has 0 aliphatic carbocycles. The second-order valence-corrected chi connectivity index (χ2v) is 2.53. The molecule has 0 radical (unpaired) electrons. The molecule has 0 unspecified atom stereocenters. The predicted octanol–water partition coefficient (Wildman–Crippen LogP) is -0.719. The molecule has 2 rings (SSSR count). The normalized spacial score (nSPS) is 8.00. The summed E-state index contributed by atoms with van der Waals surface area (Å²) in [5, 5.41) is 19.7. The van der Waals surface area contributed by atoms with Crippen molar-refractivity contribution in [1.82, 2.24) is 0 Å². The molecule has 104 valence electrons. The van der Waals surface area contributed by atoms with Crippen LogP contribution in [0.1, 0.15) is 21.1 Å². The van der Waals surface area contributed by atoms with E-state index in [9.17, 15) is 19.8 Å². The van der Waals surface area contributed by atoms with Crippen molar-refractivity contribution in [3.05, 3.63) is 48.3 Å². The molecule has 0 aromatic carbocycles. The summed E-state index contributed by atoms with van der Waals surface area (Å²) in [5.41, 5.74) is 0. The fourth-order valence-electron chi connectivity index (χ4n) is 0.789. The van der Waals surface area contributed by atoms with Gasteiger partial charge in [0, 0.05) is 0 Å². The summed E-state index contributed by atoms with van der Waals surface area (Å²) >= 11 is 0. The van der Waals surface area contributed by atoms with E-state index >= 15 is 0 Å². The number of carbonyl (C=O) groups is 2. The summed E-state index contributed by atoms with van der Waals surface area (Å²) < 4.78 is 8.87. The first-order valence-electron chi connectivity index (χ1n) is 4.11. The van der Waals surface area contributed by atoms with Gasteiger partial charge in [0.1, 0.15) is 23.5 Å². The SMILES string of the molecule is O=C([O-])c1ccco1.O=C([O-])c1ccco1.[Ag+].[Ag+]. The van der Waals surface area contributed by atoms with E-state index in [-0.39, 0.29) is 56.3 Å². The van der Waals surface area contributed by atoms with Crippen LogP contribution in [0.15, 0.2) is 45.6 Å². The van der Waals surface area contributed by atoms with Crippen LogP contribution in [-0.4, -0.2) is 11.9 Å².